The van der Waals surface area contributed by atoms with Gasteiger partial charge in [0.25, 0.3) is 0 Å². The van der Waals surface area contributed by atoms with Gasteiger partial charge in [0.15, 0.2) is 0 Å². The summed E-state index contributed by atoms with van der Waals surface area (Å²) in [5, 5.41) is 8.39. The van der Waals surface area contributed by atoms with E-state index in [0.717, 1.165) is 19.1 Å². The van der Waals surface area contributed by atoms with E-state index in [1.54, 1.807) is 0 Å². The molecule has 0 spiro atoms. The van der Waals surface area contributed by atoms with Crippen molar-refractivity contribution < 1.29 is 18.3 Å². The van der Waals surface area contributed by atoms with Crippen LogP contribution in [0.15, 0.2) is 0 Å². The summed E-state index contributed by atoms with van der Waals surface area (Å²) in [5.41, 5.74) is 0. The molecule has 6 heteroatoms. The summed E-state index contributed by atoms with van der Waals surface area (Å²) in [6.07, 6.45) is 3.59. The van der Waals surface area contributed by atoms with Crippen molar-refractivity contribution in [1.29, 1.82) is 0 Å². The summed E-state index contributed by atoms with van der Waals surface area (Å²) < 4.78 is 21.7. The first-order chi connectivity index (χ1) is 6.87. The molecule has 1 atom stereocenters. The molecule has 4 nitrogen and oxygen atoms in total. The predicted octanol–water partition coefficient (Wildman–Crippen LogP) is 1.41. The fourth-order valence-corrected chi connectivity index (χ4v) is 3.37. The molecule has 0 aromatic carbocycles. The third-order valence-electron chi connectivity index (χ3n) is 1.87. The van der Waals surface area contributed by atoms with E-state index in [0.29, 0.717) is 12.2 Å². The van der Waals surface area contributed by atoms with Crippen molar-refractivity contribution >= 4 is 27.6 Å². The van der Waals surface area contributed by atoms with E-state index < -0.39 is 21.1 Å². The van der Waals surface area contributed by atoms with Crippen LogP contribution in [-0.4, -0.2) is 42.5 Å². The second-order valence-corrected chi connectivity index (χ2v) is 7.04. The maximum Gasteiger partial charge on any atom is 0.316 e. The Morgan fingerprint density at radius 3 is 2.47 bits per heavy atom. The molecule has 0 saturated carbocycles. The second-order valence-electron chi connectivity index (χ2n) is 3.47. The van der Waals surface area contributed by atoms with Crippen molar-refractivity contribution in [3.05, 3.63) is 0 Å². The zero-order valence-electron chi connectivity index (χ0n) is 9.10. The molecule has 0 fully saturated rings. The summed E-state index contributed by atoms with van der Waals surface area (Å²) in [6.45, 7) is 2.00. The van der Waals surface area contributed by atoms with Crippen molar-refractivity contribution in [1.82, 2.24) is 0 Å². The van der Waals surface area contributed by atoms with Gasteiger partial charge >= 0.3 is 5.97 Å². The van der Waals surface area contributed by atoms with Crippen LogP contribution in [-0.2, 0) is 14.6 Å². The number of carboxylic acids is 1. The first kappa shape index (κ1) is 14.8. The minimum Gasteiger partial charge on any atom is -0.480 e. The van der Waals surface area contributed by atoms with Crippen molar-refractivity contribution in [3.63, 3.8) is 0 Å². The Balaban J connectivity index is 3.91. The number of hydrogen-bond acceptors (Lipinski definition) is 4. The molecule has 0 rings (SSSR count). The quantitative estimate of drug-likeness (QED) is 0.709. The van der Waals surface area contributed by atoms with Crippen LogP contribution in [0, 0.1) is 0 Å². The van der Waals surface area contributed by atoms with E-state index in [-0.39, 0.29) is 5.75 Å². The highest BCUT2D eigenvalue weighted by atomic mass is 32.2. The number of hydrogen-bond donors (Lipinski definition) is 1. The topological polar surface area (TPSA) is 71.4 Å². The summed E-state index contributed by atoms with van der Waals surface area (Å²) in [6, 6.07) is 0. The van der Waals surface area contributed by atoms with Gasteiger partial charge in [0.2, 0.25) is 0 Å². The minimum absolute atomic E-state index is 0.0492. The lowest BCUT2D eigenvalue weighted by Crippen LogP contribution is -2.18. The molecule has 0 aromatic heterocycles. The van der Waals surface area contributed by atoms with Crippen LogP contribution in [0.25, 0.3) is 0 Å². The summed E-state index contributed by atoms with van der Waals surface area (Å²) >= 11 is 1.22. The van der Waals surface area contributed by atoms with Crippen LogP contribution in [0.5, 0.6) is 0 Å². The lowest BCUT2D eigenvalue weighted by molar-refractivity contribution is -0.136. The van der Waals surface area contributed by atoms with Gasteiger partial charge in [-0.3, -0.25) is 4.79 Å². The molecule has 0 saturated heterocycles. The monoisotopic (exact) mass is 254 g/mol. The average Bonchev–Trinajstić information content (AvgIpc) is 2.08. The number of carbonyl (C=O) groups is 1. The Bertz CT molecular complexity index is 284. The molecular weight excluding hydrogens is 236 g/mol. The molecule has 0 radical (unpaired) electrons. The molecule has 0 bridgehead atoms. The van der Waals surface area contributed by atoms with E-state index in [1.807, 2.05) is 6.92 Å². The van der Waals surface area contributed by atoms with E-state index in [4.69, 9.17) is 5.11 Å². The van der Waals surface area contributed by atoms with Gasteiger partial charge < -0.3 is 5.11 Å². The number of sulfone groups is 1. The molecule has 15 heavy (non-hydrogen) atoms. The Kier molecular flexibility index (Phi) is 7.00. The zero-order valence-corrected chi connectivity index (χ0v) is 10.7. The van der Waals surface area contributed by atoms with Crippen molar-refractivity contribution in [2.75, 3.05) is 17.8 Å². The summed E-state index contributed by atoms with van der Waals surface area (Å²) in [4.78, 5) is 10.8. The fraction of sp³-hybridized carbons (Fsp3) is 0.889. The van der Waals surface area contributed by atoms with Crippen molar-refractivity contribution in [3.8, 4) is 0 Å². The Hall–Kier alpha value is -0.230. The third kappa shape index (κ3) is 8.74. The van der Waals surface area contributed by atoms with E-state index in [2.05, 4.69) is 0 Å². The first-order valence-electron chi connectivity index (χ1n) is 4.89. The standard InChI is InChI=1S/C9H18O4S2/c1-3-4-5-8(9(10)11)14-6-7-15(2,12)13/h8H,3-7H2,1-2H3,(H,10,11). The average molecular weight is 254 g/mol. The third-order valence-corrected chi connectivity index (χ3v) is 4.35. The highest BCUT2D eigenvalue weighted by molar-refractivity contribution is 8.01. The number of carboxylic acid groups (broad SMARTS) is 1. The summed E-state index contributed by atoms with van der Waals surface area (Å²) in [7, 11) is -2.98. The Morgan fingerprint density at radius 2 is 2.07 bits per heavy atom. The van der Waals surface area contributed by atoms with Gasteiger partial charge in [-0.25, -0.2) is 8.42 Å². The van der Waals surface area contributed by atoms with Crippen LogP contribution in [0.3, 0.4) is 0 Å². The minimum atomic E-state index is -2.98. The molecule has 90 valence electrons. The number of aliphatic carboxylic acids is 1. The maximum atomic E-state index is 10.8. The Morgan fingerprint density at radius 1 is 1.47 bits per heavy atom. The zero-order chi connectivity index (χ0) is 11.9. The lowest BCUT2D eigenvalue weighted by Gasteiger charge is -2.10. The van der Waals surface area contributed by atoms with Gasteiger partial charge in [-0.05, 0) is 6.42 Å². The molecular formula is C9H18O4S2. The second kappa shape index (κ2) is 7.11. The van der Waals surface area contributed by atoms with Crippen molar-refractivity contribution in [2.24, 2.45) is 0 Å². The molecule has 0 aromatic rings. The first-order valence-corrected chi connectivity index (χ1v) is 8.00. The highest BCUT2D eigenvalue weighted by Crippen LogP contribution is 2.17. The SMILES string of the molecule is CCCCC(SCCS(C)(=O)=O)C(=O)O. The van der Waals surface area contributed by atoms with Crippen LogP contribution in [0.4, 0.5) is 0 Å². The predicted molar refractivity (Wildman–Crippen MR) is 63.1 cm³/mol. The number of rotatable bonds is 8. The van der Waals surface area contributed by atoms with E-state index in [1.165, 1.54) is 11.8 Å². The van der Waals surface area contributed by atoms with Gasteiger partial charge in [0.05, 0.1) is 5.75 Å². The van der Waals surface area contributed by atoms with Gasteiger partial charge in [0, 0.05) is 12.0 Å². The van der Waals surface area contributed by atoms with Crippen LogP contribution >= 0.6 is 11.8 Å². The molecule has 0 aliphatic heterocycles. The van der Waals surface area contributed by atoms with Gasteiger partial charge in [-0.2, -0.15) is 0 Å². The van der Waals surface area contributed by atoms with Gasteiger partial charge in [-0.15, -0.1) is 11.8 Å². The van der Waals surface area contributed by atoms with Gasteiger partial charge in [0.1, 0.15) is 15.1 Å². The maximum absolute atomic E-state index is 10.8. The molecule has 0 heterocycles. The van der Waals surface area contributed by atoms with Gasteiger partial charge in [-0.1, -0.05) is 19.8 Å². The highest BCUT2D eigenvalue weighted by Gasteiger charge is 2.17. The van der Waals surface area contributed by atoms with E-state index >= 15 is 0 Å². The van der Waals surface area contributed by atoms with Crippen molar-refractivity contribution in [2.45, 2.75) is 31.4 Å². The van der Waals surface area contributed by atoms with Crippen LogP contribution < -0.4 is 0 Å². The van der Waals surface area contributed by atoms with Crippen LogP contribution in [0.2, 0.25) is 0 Å². The smallest absolute Gasteiger partial charge is 0.316 e. The normalized spacial score (nSPS) is 13.7. The van der Waals surface area contributed by atoms with Crippen LogP contribution in [0.1, 0.15) is 26.2 Å². The molecule has 1 N–H and O–H groups in total. The fourth-order valence-electron chi connectivity index (χ4n) is 1.01. The lowest BCUT2D eigenvalue weighted by atomic mass is 10.2. The summed E-state index contributed by atoms with van der Waals surface area (Å²) in [5.74, 6) is -0.436. The molecule has 0 aliphatic rings. The Labute approximate surface area is 95.4 Å². The molecule has 0 aliphatic carbocycles. The number of thioether (sulfide) groups is 1. The van der Waals surface area contributed by atoms with E-state index in [9.17, 15) is 13.2 Å². The largest absolute Gasteiger partial charge is 0.480 e. The molecule has 1 unspecified atom stereocenters. The molecule has 0 amide bonds. The number of unbranched alkanes of at least 4 members (excludes halogenated alkanes) is 1.